The zero-order valence-corrected chi connectivity index (χ0v) is 10.8. The van der Waals surface area contributed by atoms with Gasteiger partial charge in [-0.15, -0.1) is 0 Å². The van der Waals surface area contributed by atoms with Crippen molar-refractivity contribution >= 4 is 29.2 Å². The second-order valence-corrected chi connectivity index (χ2v) is 5.04. The Balaban J connectivity index is 2.21. The molecule has 88 valence electrons. The highest BCUT2D eigenvalue weighted by Crippen LogP contribution is 2.22. The van der Waals surface area contributed by atoms with Crippen LogP contribution in [0.4, 0.5) is 5.82 Å². The molecule has 2 N–H and O–H groups in total. The van der Waals surface area contributed by atoms with Crippen molar-refractivity contribution in [3.8, 4) is 0 Å². The van der Waals surface area contributed by atoms with Crippen LogP contribution in [-0.4, -0.2) is 35.4 Å². The molecule has 1 aliphatic heterocycles. The van der Waals surface area contributed by atoms with Crippen LogP contribution >= 0.6 is 23.4 Å². The monoisotopic (exact) mass is 258 g/mol. The van der Waals surface area contributed by atoms with Gasteiger partial charge in [-0.2, -0.15) is 0 Å². The summed E-state index contributed by atoms with van der Waals surface area (Å²) in [4.78, 5) is 10.8. The van der Waals surface area contributed by atoms with Crippen LogP contribution in [0.3, 0.4) is 0 Å². The summed E-state index contributed by atoms with van der Waals surface area (Å²) in [5.74, 6) is 0.888. The Bertz CT molecular complexity index is 374. The van der Waals surface area contributed by atoms with E-state index in [0.717, 1.165) is 31.7 Å². The molecule has 1 aromatic heterocycles. The van der Waals surface area contributed by atoms with Gasteiger partial charge < -0.3 is 10.6 Å². The van der Waals surface area contributed by atoms with Crippen molar-refractivity contribution in [2.45, 2.75) is 24.0 Å². The molecule has 1 fully saturated rings. The van der Waals surface area contributed by atoms with Gasteiger partial charge in [0.1, 0.15) is 11.0 Å². The predicted octanol–water partition coefficient (Wildman–Crippen LogP) is 1.78. The average Bonchev–Trinajstić information content (AvgIpc) is 2.28. The predicted molar refractivity (Wildman–Crippen MR) is 68.2 cm³/mol. The number of thioether (sulfide) groups is 1. The Morgan fingerprint density at radius 3 is 3.06 bits per heavy atom. The minimum atomic E-state index is 0.236. The molecule has 1 atom stereocenters. The summed E-state index contributed by atoms with van der Waals surface area (Å²) in [6.45, 7) is 1.84. The molecule has 0 radical (unpaired) electrons. The van der Waals surface area contributed by atoms with Crippen LogP contribution in [-0.2, 0) is 0 Å². The standard InChI is InChI=1S/C10H15ClN4S/c1-16-10-13-8(11)5-9(14-10)15-4-2-3-7(12)6-15/h5,7H,2-4,6,12H2,1H3/t7-/m1/s1. The Hall–Kier alpha value is -0.520. The number of hydrogen-bond acceptors (Lipinski definition) is 5. The van der Waals surface area contributed by atoms with Gasteiger partial charge in [-0.1, -0.05) is 23.4 Å². The third-order valence-electron chi connectivity index (χ3n) is 2.63. The first-order valence-electron chi connectivity index (χ1n) is 5.28. The molecule has 6 heteroatoms. The smallest absolute Gasteiger partial charge is 0.190 e. The van der Waals surface area contributed by atoms with Crippen LogP contribution in [0.5, 0.6) is 0 Å². The number of nitrogens with zero attached hydrogens (tertiary/aromatic N) is 3. The van der Waals surface area contributed by atoms with E-state index in [4.69, 9.17) is 17.3 Å². The molecular weight excluding hydrogens is 244 g/mol. The van der Waals surface area contributed by atoms with E-state index < -0.39 is 0 Å². The molecule has 16 heavy (non-hydrogen) atoms. The molecule has 1 aliphatic rings. The maximum absolute atomic E-state index is 5.96. The summed E-state index contributed by atoms with van der Waals surface area (Å²) in [6, 6.07) is 2.04. The molecule has 0 aromatic carbocycles. The van der Waals surface area contributed by atoms with Gasteiger partial charge >= 0.3 is 0 Å². The van der Waals surface area contributed by atoms with Gasteiger partial charge in [-0.05, 0) is 19.1 Å². The van der Waals surface area contributed by atoms with Crippen LogP contribution in [0.2, 0.25) is 5.15 Å². The summed E-state index contributed by atoms with van der Waals surface area (Å²) < 4.78 is 0. The Morgan fingerprint density at radius 2 is 2.38 bits per heavy atom. The van der Waals surface area contributed by atoms with Crippen molar-refractivity contribution in [1.29, 1.82) is 0 Å². The molecule has 0 saturated carbocycles. The molecular formula is C10H15ClN4S. The van der Waals surface area contributed by atoms with Gasteiger partial charge in [0.25, 0.3) is 0 Å². The number of hydrogen-bond donors (Lipinski definition) is 1. The summed E-state index contributed by atoms with van der Waals surface area (Å²) in [7, 11) is 0. The third-order valence-corrected chi connectivity index (χ3v) is 3.37. The minimum absolute atomic E-state index is 0.236. The highest BCUT2D eigenvalue weighted by Gasteiger charge is 2.18. The zero-order valence-electron chi connectivity index (χ0n) is 9.19. The maximum Gasteiger partial charge on any atom is 0.190 e. The zero-order chi connectivity index (χ0) is 11.5. The topological polar surface area (TPSA) is 55.0 Å². The first-order chi connectivity index (χ1) is 7.69. The van der Waals surface area contributed by atoms with Gasteiger partial charge in [-0.25, -0.2) is 9.97 Å². The van der Waals surface area contributed by atoms with E-state index in [1.54, 1.807) is 6.07 Å². The number of rotatable bonds is 2. The van der Waals surface area contributed by atoms with Crippen LogP contribution in [0.1, 0.15) is 12.8 Å². The number of anilines is 1. The minimum Gasteiger partial charge on any atom is -0.355 e. The van der Waals surface area contributed by atoms with Crippen molar-refractivity contribution in [3.05, 3.63) is 11.2 Å². The lowest BCUT2D eigenvalue weighted by atomic mass is 10.1. The summed E-state index contributed by atoms with van der Waals surface area (Å²) >= 11 is 7.46. The molecule has 4 nitrogen and oxygen atoms in total. The van der Waals surface area contributed by atoms with Crippen molar-refractivity contribution < 1.29 is 0 Å². The molecule has 0 amide bonds. The lowest BCUT2D eigenvalue weighted by Gasteiger charge is -2.31. The molecule has 2 rings (SSSR count). The molecule has 1 aromatic rings. The SMILES string of the molecule is CSc1nc(Cl)cc(N2CCC[C@@H](N)C2)n1. The Morgan fingerprint density at radius 1 is 1.56 bits per heavy atom. The van der Waals surface area contributed by atoms with Gasteiger partial charge in [0, 0.05) is 25.2 Å². The summed E-state index contributed by atoms with van der Waals surface area (Å²) in [6.07, 6.45) is 4.14. The van der Waals surface area contributed by atoms with Crippen LogP contribution in [0, 0.1) is 0 Å². The maximum atomic E-state index is 5.96. The quantitative estimate of drug-likeness (QED) is 0.498. The molecule has 1 saturated heterocycles. The van der Waals surface area contributed by atoms with Crippen molar-refractivity contribution in [2.75, 3.05) is 24.2 Å². The summed E-state index contributed by atoms with van der Waals surface area (Å²) in [5, 5.41) is 1.20. The highest BCUT2D eigenvalue weighted by molar-refractivity contribution is 7.98. The van der Waals surface area contributed by atoms with Crippen LogP contribution in [0.15, 0.2) is 11.2 Å². The van der Waals surface area contributed by atoms with Crippen LogP contribution < -0.4 is 10.6 Å². The second-order valence-electron chi connectivity index (χ2n) is 3.88. The van der Waals surface area contributed by atoms with Gasteiger partial charge in [0.05, 0.1) is 0 Å². The molecule has 0 spiro atoms. The number of aromatic nitrogens is 2. The lowest BCUT2D eigenvalue weighted by Crippen LogP contribution is -2.43. The highest BCUT2D eigenvalue weighted by atomic mass is 35.5. The first kappa shape index (κ1) is 12.0. The molecule has 0 aliphatic carbocycles. The number of halogens is 1. The van der Waals surface area contributed by atoms with Crippen molar-refractivity contribution in [2.24, 2.45) is 5.73 Å². The fourth-order valence-electron chi connectivity index (χ4n) is 1.86. The van der Waals surface area contributed by atoms with Gasteiger partial charge in [0.2, 0.25) is 0 Å². The van der Waals surface area contributed by atoms with Gasteiger partial charge in [0.15, 0.2) is 5.16 Å². The van der Waals surface area contributed by atoms with E-state index in [2.05, 4.69) is 14.9 Å². The van der Waals surface area contributed by atoms with Gasteiger partial charge in [-0.3, -0.25) is 0 Å². The largest absolute Gasteiger partial charge is 0.355 e. The fourth-order valence-corrected chi connectivity index (χ4v) is 2.46. The number of nitrogens with two attached hydrogens (primary N) is 1. The Labute approximate surface area is 105 Å². The normalized spacial score (nSPS) is 21.2. The van der Waals surface area contributed by atoms with E-state index in [0.29, 0.717) is 10.3 Å². The number of piperidine rings is 1. The first-order valence-corrected chi connectivity index (χ1v) is 6.88. The van der Waals surface area contributed by atoms with E-state index in [-0.39, 0.29) is 6.04 Å². The van der Waals surface area contributed by atoms with Crippen molar-refractivity contribution in [3.63, 3.8) is 0 Å². The van der Waals surface area contributed by atoms with E-state index in [1.807, 2.05) is 6.26 Å². The van der Waals surface area contributed by atoms with Crippen LogP contribution in [0.25, 0.3) is 0 Å². The van der Waals surface area contributed by atoms with E-state index >= 15 is 0 Å². The molecule has 0 bridgehead atoms. The molecule has 0 unspecified atom stereocenters. The Kier molecular flexibility index (Phi) is 3.89. The summed E-state index contributed by atoms with van der Waals surface area (Å²) in [5.41, 5.74) is 5.95. The van der Waals surface area contributed by atoms with E-state index in [9.17, 15) is 0 Å². The fraction of sp³-hybridized carbons (Fsp3) is 0.600. The third kappa shape index (κ3) is 2.78. The van der Waals surface area contributed by atoms with Crippen molar-refractivity contribution in [1.82, 2.24) is 9.97 Å². The van der Waals surface area contributed by atoms with E-state index in [1.165, 1.54) is 11.8 Å². The molecule has 2 heterocycles. The average molecular weight is 259 g/mol. The second kappa shape index (κ2) is 5.21. The lowest BCUT2D eigenvalue weighted by molar-refractivity contribution is 0.502.